The smallest absolute Gasteiger partial charge is 0.0604 e. The molecule has 0 aromatic heterocycles. The normalized spacial score (nSPS) is 22.0. The second-order valence-electron chi connectivity index (χ2n) is 8.22. The number of aryl methyl sites for hydroxylation is 2. The number of benzene rings is 2. The maximum Gasteiger partial charge on any atom is 0.0604 e. The van der Waals surface area contributed by atoms with Gasteiger partial charge in [0.25, 0.3) is 0 Å². The molecule has 0 saturated heterocycles. The lowest BCUT2D eigenvalue weighted by molar-refractivity contribution is 0.205. The summed E-state index contributed by atoms with van der Waals surface area (Å²) in [4.78, 5) is 0. The van der Waals surface area contributed by atoms with E-state index >= 15 is 0 Å². The van der Waals surface area contributed by atoms with Crippen LogP contribution in [0.5, 0.6) is 0 Å². The predicted octanol–water partition coefficient (Wildman–Crippen LogP) is 5.93. The van der Waals surface area contributed by atoms with Gasteiger partial charge in [0.1, 0.15) is 0 Å². The molecule has 0 bridgehead atoms. The fourth-order valence-electron chi connectivity index (χ4n) is 4.09. The number of nitrogens with one attached hydrogen (secondary N) is 2. The lowest BCUT2D eigenvalue weighted by Crippen LogP contribution is -2.49. The number of anilines is 2. The van der Waals surface area contributed by atoms with E-state index in [0.29, 0.717) is 12.0 Å². The Kier molecular flexibility index (Phi) is 4.33. The summed E-state index contributed by atoms with van der Waals surface area (Å²) in [6.07, 6.45) is 0. The molecule has 24 heavy (non-hydrogen) atoms. The van der Waals surface area contributed by atoms with Crippen molar-refractivity contribution >= 4 is 11.4 Å². The summed E-state index contributed by atoms with van der Waals surface area (Å²) in [5.74, 6) is 0.566. The van der Waals surface area contributed by atoms with Gasteiger partial charge in [0.15, 0.2) is 0 Å². The van der Waals surface area contributed by atoms with Crippen LogP contribution in [0, 0.1) is 25.2 Å². The summed E-state index contributed by atoms with van der Waals surface area (Å²) in [6, 6.07) is 16.2. The van der Waals surface area contributed by atoms with E-state index in [4.69, 9.17) is 0 Å². The summed E-state index contributed by atoms with van der Waals surface area (Å²) in [7, 11) is 0. The molecule has 2 aromatic rings. The van der Waals surface area contributed by atoms with Crippen molar-refractivity contribution < 1.29 is 0 Å². The van der Waals surface area contributed by atoms with Crippen molar-refractivity contribution in [1.29, 1.82) is 0 Å². The summed E-state index contributed by atoms with van der Waals surface area (Å²) in [5.41, 5.74) is 6.53. The SMILES string of the molecule is Cc1ccc(N[C@@H]2c3cc(C)ccc3N[C@H](C(C)C)C2(C)C)cc1. The molecule has 2 heteroatoms. The zero-order valence-corrected chi connectivity index (χ0v) is 15.8. The first-order valence-corrected chi connectivity index (χ1v) is 8.99. The fourth-order valence-corrected chi connectivity index (χ4v) is 4.09. The van der Waals surface area contributed by atoms with Crippen molar-refractivity contribution in [3.63, 3.8) is 0 Å². The quantitative estimate of drug-likeness (QED) is 0.731. The maximum absolute atomic E-state index is 3.83. The predicted molar refractivity (Wildman–Crippen MR) is 105 cm³/mol. The standard InChI is InChI=1S/C22H30N2/c1-14(2)20-22(5,6)21(23-17-10-7-15(3)8-11-17)18-13-16(4)9-12-19(18)24-20/h7-14,20-21,23-24H,1-6H3/t20-,21-/m1/s1. The van der Waals surface area contributed by atoms with Crippen LogP contribution in [0.15, 0.2) is 42.5 Å². The first-order chi connectivity index (χ1) is 11.3. The van der Waals surface area contributed by atoms with E-state index in [1.54, 1.807) is 0 Å². The summed E-state index contributed by atoms with van der Waals surface area (Å²) < 4.78 is 0. The van der Waals surface area contributed by atoms with Gasteiger partial charge in [-0.3, -0.25) is 0 Å². The van der Waals surface area contributed by atoms with E-state index in [1.165, 1.54) is 28.1 Å². The molecular weight excluding hydrogens is 292 g/mol. The highest BCUT2D eigenvalue weighted by Crippen LogP contribution is 2.48. The van der Waals surface area contributed by atoms with Crippen molar-refractivity contribution in [2.45, 2.75) is 53.6 Å². The molecular formula is C22H30N2. The van der Waals surface area contributed by atoms with Crippen LogP contribution in [0.25, 0.3) is 0 Å². The van der Waals surface area contributed by atoms with Gasteiger partial charge < -0.3 is 10.6 Å². The minimum Gasteiger partial charge on any atom is -0.381 e. The van der Waals surface area contributed by atoms with Crippen LogP contribution in [0.1, 0.15) is 50.4 Å². The van der Waals surface area contributed by atoms with Crippen LogP contribution >= 0.6 is 0 Å². The average molecular weight is 322 g/mol. The van der Waals surface area contributed by atoms with Crippen LogP contribution in [-0.2, 0) is 0 Å². The van der Waals surface area contributed by atoms with Gasteiger partial charge >= 0.3 is 0 Å². The van der Waals surface area contributed by atoms with Crippen molar-refractivity contribution in [2.75, 3.05) is 10.6 Å². The molecule has 128 valence electrons. The highest BCUT2D eigenvalue weighted by molar-refractivity contribution is 5.61. The summed E-state index contributed by atoms with van der Waals surface area (Å²) in [5, 5.41) is 7.63. The third-order valence-electron chi connectivity index (χ3n) is 5.40. The molecule has 0 spiro atoms. The van der Waals surface area contributed by atoms with Crippen molar-refractivity contribution in [2.24, 2.45) is 11.3 Å². The third kappa shape index (κ3) is 3.02. The van der Waals surface area contributed by atoms with Crippen LogP contribution < -0.4 is 10.6 Å². The Balaban J connectivity index is 2.05. The number of hydrogen-bond acceptors (Lipinski definition) is 2. The Hall–Kier alpha value is -1.96. The van der Waals surface area contributed by atoms with Crippen molar-refractivity contribution in [3.05, 3.63) is 59.2 Å². The molecule has 1 heterocycles. The van der Waals surface area contributed by atoms with Crippen LogP contribution in [0.4, 0.5) is 11.4 Å². The Labute approximate surface area is 146 Å². The molecule has 2 N–H and O–H groups in total. The molecule has 2 atom stereocenters. The maximum atomic E-state index is 3.83. The highest BCUT2D eigenvalue weighted by Gasteiger charge is 2.44. The van der Waals surface area contributed by atoms with Crippen molar-refractivity contribution in [3.8, 4) is 0 Å². The van der Waals surface area contributed by atoms with E-state index in [2.05, 4.69) is 94.6 Å². The third-order valence-corrected chi connectivity index (χ3v) is 5.40. The second kappa shape index (κ2) is 6.16. The molecule has 1 aliphatic heterocycles. The zero-order valence-electron chi connectivity index (χ0n) is 15.8. The molecule has 2 nitrogen and oxygen atoms in total. The Morgan fingerprint density at radius 1 is 0.958 bits per heavy atom. The molecule has 2 aromatic carbocycles. The van der Waals surface area contributed by atoms with Crippen LogP contribution in [-0.4, -0.2) is 6.04 Å². The van der Waals surface area contributed by atoms with Crippen molar-refractivity contribution in [1.82, 2.24) is 0 Å². The van der Waals surface area contributed by atoms with Crippen LogP contribution in [0.2, 0.25) is 0 Å². The summed E-state index contributed by atoms with van der Waals surface area (Å²) in [6.45, 7) is 13.7. The van der Waals surface area contributed by atoms with Gasteiger partial charge in [0, 0.05) is 22.8 Å². The molecule has 0 aliphatic carbocycles. The Morgan fingerprint density at radius 3 is 2.21 bits per heavy atom. The van der Waals surface area contributed by atoms with E-state index in [9.17, 15) is 0 Å². The van der Waals surface area contributed by atoms with E-state index in [1.807, 2.05) is 0 Å². The first kappa shape index (κ1) is 16.9. The molecule has 0 saturated carbocycles. The molecule has 3 rings (SSSR count). The number of rotatable bonds is 3. The molecule has 1 aliphatic rings. The number of hydrogen-bond donors (Lipinski definition) is 2. The van der Waals surface area contributed by atoms with Gasteiger partial charge in [-0.2, -0.15) is 0 Å². The number of fused-ring (bicyclic) bond motifs is 1. The largest absolute Gasteiger partial charge is 0.381 e. The van der Waals surface area contributed by atoms with E-state index < -0.39 is 0 Å². The van der Waals surface area contributed by atoms with E-state index in [0.717, 1.165) is 0 Å². The molecule has 0 radical (unpaired) electrons. The second-order valence-corrected chi connectivity index (χ2v) is 8.22. The molecule has 0 unspecified atom stereocenters. The van der Waals surface area contributed by atoms with Gasteiger partial charge in [-0.25, -0.2) is 0 Å². The molecule has 0 fully saturated rings. The summed E-state index contributed by atoms with van der Waals surface area (Å²) >= 11 is 0. The van der Waals surface area contributed by atoms with E-state index in [-0.39, 0.29) is 11.5 Å². The Bertz CT molecular complexity index is 713. The van der Waals surface area contributed by atoms with Gasteiger partial charge in [-0.1, -0.05) is 63.1 Å². The minimum atomic E-state index is 0.0971. The van der Waals surface area contributed by atoms with Gasteiger partial charge in [-0.05, 0) is 43.5 Å². The molecule has 0 amide bonds. The van der Waals surface area contributed by atoms with Crippen LogP contribution in [0.3, 0.4) is 0 Å². The Morgan fingerprint density at radius 2 is 1.58 bits per heavy atom. The zero-order chi connectivity index (χ0) is 17.5. The van der Waals surface area contributed by atoms with Gasteiger partial charge in [0.05, 0.1) is 6.04 Å². The average Bonchev–Trinajstić information content (AvgIpc) is 2.51. The first-order valence-electron chi connectivity index (χ1n) is 8.99. The van der Waals surface area contributed by atoms with Gasteiger partial charge in [-0.15, -0.1) is 0 Å². The monoisotopic (exact) mass is 322 g/mol. The lowest BCUT2D eigenvalue weighted by atomic mass is 9.67. The lowest BCUT2D eigenvalue weighted by Gasteiger charge is -2.49. The highest BCUT2D eigenvalue weighted by atomic mass is 15.0. The topological polar surface area (TPSA) is 24.1 Å². The van der Waals surface area contributed by atoms with Gasteiger partial charge in [0.2, 0.25) is 0 Å². The minimum absolute atomic E-state index is 0.0971. The fraction of sp³-hybridized carbons (Fsp3) is 0.455.